The van der Waals surface area contributed by atoms with Crippen LogP contribution in [0.1, 0.15) is 44.3 Å². The number of aryl methyl sites for hydroxylation is 1. The minimum absolute atomic E-state index is 0.0798. The van der Waals surface area contributed by atoms with E-state index in [9.17, 15) is 18.3 Å². The molecule has 7 nitrogen and oxygen atoms in total. The highest BCUT2D eigenvalue weighted by atomic mass is 35.5. The lowest BCUT2D eigenvalue weighted by Crippen LogP contribution is -2.28. The van der Waals surface area contributed by atoms with Crippen molar-refractivity contribution in [2.24, 2.45) is 0 Å². The Morgan fingerprint density at radius 3 is 2.08 bits per heavy atom. The Morgan fingerprint density at radius 1 is 0.840 bits per heavy atom. The molecule has 0 saturated carbocycles. The summed E-state index contributed by atoms with van der Waals surface area (Å²) in [5.74, 6) is -0.972. The highest BCUT2D eigenvalue weighted by Gasteiger charge is 2.27. The predicted octanol–water partition coefficient (Wildman–Crippen LogP) is 8.79. The average Bonchev–Trinajstić information content (AvgIpc) is 3.39. The maximum Gasteiger partial charge on any atom is 0.335 e. The number of likely N-dealkylation sites (N-methyl/N-ethyl adjacent to an activating group) is 1. The largest absolute Gasteiger partial charge is 0.478 e. The first kappa shape index (κ1) is 35.2. The van der Waals surface area contributed by atoms with Gasteiger partial charge in [0.15, 0.2) is 0 Å². The number of fused-ring (bicyclic) bond motifs is 1. The van der Waals surface area contributed by atoms with Crippen LogP contribution in [-0.4, -0.2) is 44.2 Å². The molecule has 256 valence electrons. The van der Waals surface area contributed by atoms with Crippen LogP contribution in [0.3, 0.4) is 0 Å². The van der Waals surface area contributed by atoms with E-state index in [1.165, 1.54) is 0 Å². The van der Waals surface area contributed by atoms with E-state index in [0.717, 1.165) is 39.0 Å². The predicted molar refractivity (Wildman–Crippen MR) is 203 cm³/mol. The Morgan fingerprint density at radius 2 is 1.48 bits per heavy atom. The average molecular weight is 727 g/mol. The molecule has 0 fully saturated rings. The van der Waals surface area contributed by atoms with Crippen LogP contribution in [0.5, 0.6) is 0 Å². The van der Waals surface area contributed by atoms with Crippen molar-refractivity contribution in [2.45, 2.75) is 30.7 Å². The molecule has 0 saturated heterocycles. The van der Waals surface area contributed by atoms with Gasteiger partial charge in [-0.2, -0.15) is 0 Å². The Bertz CT molecular complexity index is 2180. The zero-order chi connectivity index (χ0) is 35.4. The molecule has 0 radical (unpaired) electrons. The van der Waals surface area contributed by atoms with Crippen LogP contribution < -0.4 is 9.62 Å². The molecule has 50 heavy (non-hydrogen) atoms. The molecule has 10 heteroatoms. The molecule has 0 atom stereocenters. The molecule has 2 N–H and O–H groups in total. The smallest absolute Gasteiger partial charge is 0.335 e. The molecule has 5 aromatic carbocycles. The standard InChI is InChI=1S/C40H37Cl2N3O4S/c1-27-10-9-15-35(42)39(27)50(48,49)43-24-22-37-33(23-25-44(2)32-19-16-30(17-20-32)40(46)47)34-26-31(41)18-21-36(34)45(37)38(28-11-5-3-6-12-28)29-13-7-4-8-14-29/h3-21,26,38,43H,22-25H2,1-2H3,(H,46,47). The molecule has 0 bridgehead atoms. The van der Waals surface area contributed by atoms with Crippen molar-refractivity contribution in [3.8, 4) is 0 Å². The summed E-state index contributed by atoms with van der Waals surface area (Å²) in [7, 11) is -1.94. The third-order valence-corrected chi connectivity index (χ3v) is 11.3. The minimum Gasteiger partial charge on any atom is -0.478 e. The lowest BCUT2D eigenvalue weighted by atomic mass is 9.97. The van der Waals surface area contributed by atoms with Gasteiger partial charge in [-0.1, -0.05) is 96.0 Å². The van der Waals surface area contributed by atoms with E-state index < -0.39 is 16.0 Å². The van der Waals surface area contributed by atoms with Crippen LogP contribution in [0.25, 0.3) is 10.9 Å². The number of rotatable bonds is 13. The van der Waals surface area contributed by atoms with Gasteiger partial charge in [0.05, 0.1) is 16.6 Å². The van der Waals surface area contributed by atoms with Crippen molar-refractivity contribution < 1.29 is 18.3 Å². The van der Waals surface area contributed by atoms with Gasteiger partial charge in [0.25, 0.3) is 0 Å². The molecule has 0 aliphatic heterocycles. The second kappa shape index (κ2) is 15.1. The van der Waals surface area contributed by atoms with Gasteiger partial charge in [-0.3, -0.25) is 0 Å². The van der Waals surface area contributed by atoms with E-state index in [1.807, 2.05) is 61.6 Å². The van der Waals surface area contributed by atoms with Crippen LogP contribution in [0.15, 0.2) is 126 Å². The number of carboxylic acids is 1. The number of sulfonamides is 1. The molecule has 0 spiro atoms. The summed E-state index contributed by atoms with van der Waals surface area (Å²) in [6.07, 6.45) is 1.00. The van der Waals surface area contributed by atoms with E-state index in [2.05, 4.69) is 38.5 Å². The lowest BCUT2D eigenvalue weighted by Gasteiger charge is -2.25. The van der Waals surface area contributed by atoms with Crippen molar-refractivity contribution >= 4 is 55.8 Å². The highest BCUT2D eigenvalue weighted by molar-refractivity contribution is 7.89. The second-order valence-corrected chi connectivity index (χ2v) is 14.8. The highest BCUT2D eigenvalue weighted by Crippen LogP contribution is 2.38. The first-order chi connectivity index (χ1) is 24.0. The molecule has 0 aliphatic rings. The van der Waals surface area contributed by atoms with E-state index >= 15 is 0 Å². The van der Waals surface area contributed by atoms with Crippen molar-refractivity contribution in [3.63, 3.8) is 0 Å². The molecular weight excluding hydrogens is 689 g/mol. The fourth-order valence-corrected chi connectivity index (χ4v) is 8.64. The number of benzene rings is 5. The molecule has 1 heterocycles. The zero-order valence-corrected chi connectivity index (χ0v) is 30.0. The number of halogens is 2. The van der Waals surface area contributed by atoms with E-state index in [1.54, 1.807) is 49.4 Å². The number of anilines is 1. The molecule has 0 amide bonds. The van der Waals surface area contributed by atoms with Gasteiger partial charge >= 0.3 is 5.97 Å². The van der Waals surface area contributed by atoms with Crippen LogP contribution in [0, 0.1) is 6.92 Å². The topological polar surface area (TPSA) is 91.6 Å². The summed E-state index contributed by atoms with van der Waals surface area (Å²) < 4.78 is 32.4. The van der Waals surface area contributed by atoms with Gasteiger partial charge < -0.3 is 14.6 Å². The number of aromatic carboxylic acids is 1. The Kier molecular flexibility index (Phi) is 10.6. The quantitative estimate of drug-likeness (QED) is 0.124. The Hall–Kier alpha value is -4.60. The lowest BCUT2D eigenvalue weighted by molar-refractivity contribution is 0.0697. The molecular formula is C40H37Cl2N3O4S. The zero-order valence-electron chi connectivity index (χ0n) is 27.7. The minimum atomic E-state index is -3.91. The summed E-state index contributed by atoms with van der Waals surface area (Å²) >= 11 is 13.0. The third kappa shape index (κ3) is 7.44. The second-order valence-electron chi connectivity index (χ2n) is 12.2. The summed E-state index contributed by atoms with van der Waals surface area (Å²) in [6, 6.07) is 38.1. The molecule has 6 rings (SSSR count). The van der Waals surface area contributed by atoms with Crippen LogP contribution >= 0.6 is 23.2 Å². The Balaban J connectivity index is 1.46. The van der Waals surface area contributed by atoms with E-state index in [4.69, 9.17) is 23.2 Å². The van der Waals surface area contributed by atoms with Crippen LogP contribution in [-0.2, 0) is 22.9 Å². The van der Waals surface area contributed by atoms with Gasteiger partial charge in [-0.05, 0) is 84.1 Å². The summed E-state index contributed by atoms with van der Waals surface area (Å²) in [5, 5.41) is 11.1. The number of hydrogen-bond donors (Lipinski definition) is 2. The van der Waals surface area contributed by atoms with E-state index in [0.29, 0.717) is 30.0 Å². The van der Waals surface area contributed by atoms with Gasteiger partial charge in [0.1, 0.15) is 4.90 Å². The van der Waals surface area contributed by atoms with E-state index in [-0.39, 0.29) is 28.1 Å². The number of aromatic nitrogens is 1. The number of nitrogens with one attached hydrogen (secondary N) is 1. The monoisotopic (exact) mass is 725 g/mol. The molecule has 1 aromatic heterocycles. The van der Waals surface area contributed by atoms with Crippen LogP contribution in [0.4, 0.5) is 5.69 Å². The summed E-state index contributed by atoms with van der Waals surface area (Å²) in [5.41, 5.74) is 6.87. The summed E-state index contributed by atoms with van der Waals surface area (Å²) in [4.78, 5) is 13.6. The molecule has 0 unspecified atom stereocenters. The van der Waals surface area contributed by atoms with Crippen molar-refractivity contribution in [1.82, 2.24) is 9.29 Å². The van der Waals surface area contributed by atoms with Gasteiger partial charge in [-0.15, -0.1) is 0 Å². The van der Waals surface area contributed by atoms with Crippen LogP contribution in [0.2, 0.25) is 10.0 Å². The summed E-state index contributed by atoms with van der Waals surface area (Å²) in [6.45, 7) is 2.47. The Labute approximate surface area is 302 Å². The maximum atomic E-state index is 13.6. The van der Waals surface area contributed by atoms with Gasteiger partial charge in [0.2, 0.25) is 10.0 Å². The fourth-order valence-electron chi connectivity index (χ4n) is 6.61. The normalized spacial score (nSPS) is 11.7. The van der Waals surface area contributed by atoms with Crippen molar-refractivity contribution in [2.75, 3.05) is 25.0 Å². The first-order valence-corrected chi connectivity index (χ1v) is 18.5. The van der Waals surface area contributed by atoms with Crippen molar-refractivity contribution in [1.29, 1.82) is 0 Å². The fraction of sp³-hybridized carbons (Fsp3) is 0.175. The molecule has 6 aromatic rings. The number of nitrogens with zero attached hydrogens (tertiary/aromatic N) is 2. The SMILES string of the molecule is Cc1cccc(Cl)c1S(=O)(=O)NCCc1c(CCN(C)c2ccc(C(=O)O)cc2)c2cc(Cl)ccc2n1C(c1ccccc1)c1ccccc1. The maximum absolute atomic E-state index is 13.6. The van der Waals surface area contributed by atoms with Gasteiger partial charge in [-0.25, -0.2) is 17.9 Å². The van der Waals surface area contributed by atoms with Gasteiger partial charge in [0, 0.05) is 53.9 Å². The number of carboxylic acid groups (broad SMARTS) is 1. The number of hydrogen-bond acceptors (Lipinski definition) is 4. The first-order valence-electron chi connectivity index (χ1n) is 16.3. The third-order valence-electron chi connectivity index (χ3n) is 9.01. The number of carbonyl (C=O) groups is 1. The molecule has 0 aliphatic carbocycles. The van der Waals surface area contributed by atoms with Crippen molar-refractivity contribution in [3.05, 3.63) is 165 Å².